The average Bonchev–Trinajstić information content (AvgIpc) is 2.21. The molecular weight excluding hydrogens is 266 g/mol. The summed E-state index contributed by atoms with van der Waals surface area (Å²) in [5, 5.41) is 0. The Morgan fingerprint density at radius 1 is 1.44 bits per heavy atom. The molecule has 1 aromatic carbocycles. The van der Waals surface area contributed by atoms with Gasteiger partial charge in [-0.2, -0.15) is 0 Å². The van der Waals surface area contributed by atoms with Crippen molar-refractivity contribution in [2.45, 2.75) is 39.2 Å². The lowest BCUT2D eigenvalue weighted by atomic mass is 10.1. The molecule has 90 valence electrons. The molecular formula is C13H20BrNO. The molecule has 1 atom stereocenters. The molecule has 3 heteroatoms. The van der Waals surface area contributed by atoms with Crippen LogP contribution in [0.3, 0.4) is 0 Å². The van der Waals surface area contributed by atoms with Crippen LogP contribution >= 0.6 is 15.9 Å². The van der Waals surface area contributed by atoms with Crippen molar-refractivity contribution in [3.8, 4) is 5.75 Å². The van der Waals surface area contributed by atoms with Crippen LogP contribution in [0.15, 0.2) is 22.7 Å². The van der Waals surface area contributed by atoms with Gasteiger partial charge in [-0.1, -0.05) is 6.07 Å². The van der Waals surface area contributed by atoms with Gasteiger partial charge in [0.1, 0.15) is 5.75 Å². The topological polar surface area (TPSA) is 35.2 Å². The predicted octanol–water partition coefficient (Wildman–Crippen LogP) is 3.52. The van der Waals surface area contributed by atoms with E-state index in [0.29, 0.717) is 12.6 Å². The van der Waals surface area contributed by atoms with E-state index in [4.69, 9.17) is 10.5 Å². The fourth-order valence-corrected chi connectivity index (χ4v) is 2.14. The molecule has 2 N–H and O–H groups in total. The van der Waals surface area contributed by atoms with Crippen LogP contribution in [0.2, 0.25) is 0 Å². The van der Waals surface area contributed by atoms with Gasteiger partial charge in [0, 0.05) is 6.04 Å². The Balaban J connectivity index is 2.52. The highest BCUT2D eigenvalue weighted by molar-refractivity contribution is 9.10. The molecule has 0 bridgehead atoms. The lowest BCUT2D eigenvalue weighted by molar-refractivity contribution is 0.338. The Labute approximate surface area is 106 Å². The number of nitrogens with two attached hydrogens (primary N) is 1. The largest absolute Gasteiger partial charge is 0.493 e. The quantitative estimate of drug-likeness (QED) is 0.868. The highest BCUT2D eigenvalue weighted by Gasteiger charge is 2.02. The molecule has 1 rings (SSSR count). The van der Waals surface area contributed by atoms with Gasteiger partial charge >= 0.3 is 0 Å². The summed E-state index contributed by atoms with van der Waals surface area (Å²) in [5.41, 5.74) is 7.05. The van der Waals surface area contributed by atoms with Crippen molar-refractivity contribution in [2.75, 3.05) is 6.61 Å². The van der Waals surface area contributed by atoms with Gasteiger partial charge in [-0.25, -0.2) is 0 Å². The van der Waals surface area contributed by atoms with Crippen molar-refractivity contribution in [3.63, 3.8) is 0 Å². The first-order valence-corrected chi connectivity index (χ1v) is 6.59. The van der Waals surface area contributed by atoms with Crippen LogP contribution in [-0.4, -0.2) is 12.6 Å². The second-order valence-corrected chi connectivity index (χ2v) is 4.92. The van der Waals surface area contributed by atoms with Gasteiger partial charge < -0.3 is 10.5 Å². The monoisotopic (exact) mass is 285 g/mol. The van der Waals surface area contributed by atoms with Crippen LogP contribution in [0, 0.1) is 0 Å². The minimum Gasteiger partial charge on any atom is -0.493 e. The number of rotatable bonds is 6. The maximum Gasteiger partial charge on any atom is 0.133 e. The molecule has 0 amide bonds. The van der Waals surface area contributed by atoms with E-state index in [-0.39, 0.29) is 0 Å². The van der Waals surface area contributed by atoms with Crippen molar-refractivity contribution in [3.05, 3.63) is 28.2 Å². The van der Waals surface area contributed by atoms with E-state index < -0.39 is 0 Å². The van der Waals surface area contributed by atoms with E-state index >= 15 is 0 Å². The molecule has 0 aliphatic carbocycles. The van der Waals surface area contributed by atoms with Crippen molar-refractivity contribution in [2.24, 2.45) is 5.73 Å². The minimum absolute atomic E-state index is 0.297. The highest BCUT2D eigenvalue weighted by Crippen LogP contribution is 2.26. The Kier molecular flexibility index (Phi) is 5.85. The fraction of sp³-hybridized carbons (Fsp3) is 0.538. The second kappa shape index (κ2) is 6.92. The maximum atomic E-state index is 5.72. The summed E-state index contributed by atoms with van der Waals surface area (Å²) in [4.78, 5) is 0. The first kappa shape index (κ1) is 13.5. The molecule has 0 aliphatic rings. The van der Waals surface area contributed by atoms with E-state index in [2.05, 4.69) is 28.1 Å². The van der Waals surface area contributed by atoms with Gasteiger partial charge in [0.2, 0.25) is 0 Å². The van der Waals surface area contributed by atoms with Gasteiger partial charge in [0.25, 0.3) is 0 Å². The third kappa shape index (κ3) is 4.54. The Morgan fingerprint density at radius 2 is 2.19 bits per heavy atom. The number of halogens is 1. The number of benzene rings is 1. The van der Waals surface area contributed by atoms with Gasteiger partial charge in [0.05, 0.1) is 11.1 Å². The molecule has 0 heterocycles. The van der Waals surface area contributed by atoms with Crippen molar-refractivity contribution in [1.29, 1.82) is 0 Å². The summed E-state index contributed by atoms with van der Waals surface area (Å²) >= 11 is 3.52. The van der Waals surface area contributed by atoms with Crippen molar-refractivity contribution in [1.82, 2.24) is 0 Å². The SMILES string of the molecule is CCOc1ccc(CCCC(C)N)cc1Br. The molecule has 1 unspecified atom stereocenters. The van der Waals surface area contributed by atoms with E-state index in [0.717, 1.165) is 29.5 Å². The van der Waals surface area contributed by atoms with Crippen LogP contribution in [-0.2, 0) is 6.42 Å². The van der Waals surface area contributed by atoms with Gasteiger partial charge in [-0.3, -0.25) is 0 Å². The standard InChI is InChI=1S/C13H20BrNO/c1-3-16-13-8-7-11(9-12(13)14)6-4-5-10(2)15/h7-10H,3-6,15H2,1-2H3. The second-order valence-electron chi connectivity index (χ2n) is 4.07. The lowest BCUT2D eigenvalue weighted by Crippen LogP contribution is -2.14. The Bertz CT molecular complexity index is 326. The zero-order valence-electron chi connectivity index (χ0n) is 10.0. The van der Waals surface area contributed by atoms with Crippen molar-refractivity contribution >= 4 is 15.9 Å². The van der Waals surface area contributed by atoms with Crippen LogP contribution < -0.4 is 10.5 Å². The smallest absolute Gasteiger partial charge is 0.133 e. The van der Waals surface area contributed by atoms with Crippen molar-refractivity contribution < 1.29 is 4.74 Å². The molecule has 0 fully saturated rings. The summed E-state index contributed by atoms with van der Waals surface area (Å²) < 4.78 is 6.50. The third-order valence-electron chi connectivity index (χ3n) is 2.42. The zero-order valence-corrected chi connectivity index (χ0v) is 11.6. The Hall–Kier alpha value is -0.540. The van der Waals surface area contributed by atoms with Crippen LogP contribution in [0.1, 0.15) is 32.3 Å². The number of ether oxygens (including phenoxy) is 1. The number of hydrogen-bond acceptors (Lipinski definition) is 2. The third-order valence-corrected chi connectivity index (χ3v) is 3.04. The maximum absolute atomic E-state index is 5.72. The first-order chi connectivity index (χ1) is 7.63. The predicted molar refractivity (Wildman–Crippen MR) is 71.9 cm³/mol. The molecule has 2 nitrogen and oxygen atoms in total. The lowest BCUT2D eigenvalue weighted by Gasteiger charge is -2.08. The van der Waals surface area contributed by atoms with Gasteiger partial charge in [-0.15, -0.1) is 0 Å². The normalized spacial score (nSPS) is 12.5. The molecule has 1 aromatic rings. The summed E-state index contributed by atoms with van der Waals surface area (Å²) in [5.74, 6) is 0.915. The molecule has 0 saturated carbocycles. The van der Waals surface area contributed by atoms with Crippen LogP contribution in [0.4, 0.5) is 0 Å². The van der Waals surface area contributed by atoms with Crippen LogP contribution in [0.5, 0.6) is 5.75 Å². The summed E-state index contributed by atoms with van der Waals surface area (Å²) in [6.07, 6.45) is 3.29. The molecule has 0 saturated heterocycles. The summed E-state index contributed by atoms with van der Waals surface area (Å²) in [6.45, 7) is 4.74. The van der Waals surface area contributed by atoms with E-state index in [1.54, 1.807) is 0 Å². The van der Waals surface area contributed by atoms with Gasteiger partial charge in [0.15, 0.2) is 0 Å². The first-order valence-electron chi connectivity index (χ1n) is 5.80. The highest BCUT2D eigenvalue weighted by atomic mass is 79.9. The molecule has 0 spiro atoms. The summed E-state index contributed by atoms with van der Waals surface area (Å²) in [7, 11) is 0. The molecule has 16 heavy (non-hydrogen) atoms. The number of aryl methyl sites for hydroxylation is 1. The van der Waals surface area contributed by atoms with Gasteiger partial charge in [-0.05, 0) is 66.7 Å². The Morgan fingerprint density at radius 3 is 2.75 bits per heavy atom. The summed E-state index contributed by atoms with van der Waals surface area (Å²) in [6, 6.07) is 6.57. The van der Waals surface area contributed by atoms with E-state index in [1.807, 2.05) is 19.9 Å². The van der Waals surface area contributed by atoms with E-state index in [1.165, 1.54) is 5.56 Å². The minimum atomic E-state index is 0.297. The molecule has 0 aliphatic heterocycles. The van der Waals surface area contributed by atoms with E-state index in [9.17, 15) is 0 Å². The van der Waals surface area contributed by atoms with Crippen LogP contribution in [0.25, 0.3) is 0 Å². The number of hydrogen-bond donors (Lipinski definition) is 1. The zero-order chi connectivity index (χ0) is 12.0. The molecule has 0 aromatic heterocycles. The average molecular weight is 286 g/mol. The molecule has 0 radical (unpaired) electrons. The fourth-order valence-electron chi connectivity index (χ4n) is 1.60.